The minimum Gasteiger partial charge on any atom is -0.542 e. The van der Waals surface area contributed by atoms with Crippen LogP contribution in [-0.2, 0) is 16.0 Å². The van der Waals surface area contributed by atoms with Crippen molar-refractivity contribution in [3.63, 3.8) is 0 Å². The maximum Gasteiger partial charge on any atom is 0.295 e. The molecule has 3 rings (SSSR count). The summed E-state index contributed by atoms with van der Waals surface area (Å²) in [5, 5.41) is 30.4. The standard InChI is InChI=1S/C10H6Cl2N2O2.C9H8O4/c11-8-3-1-2-6(10(8)14(15)16)7-4-13-5-9(7)12;10-7-3-1-6(2-4-7)5-8(11)9(12)13/h1-5,13H;1-4,10H,5H2,(H,12,13)/p-1. The first kappa shape index (κ1) is 21.9. The van der Waals surface area contributed by atoms with Gasteiger partial charge >= 0.3 is 0 Å². The number of H-pyrrole nitrogens is 1. The van der Waals surface area contributed by atoms with Crippen molar-refractivity contribution < 1.29 is 24.7 Å². The predicted octanol–water partition coefficient (Wildman–Crippen LogP) is 3.15. The maximum absolute atomic E-state index is 10.9. The summed E-state index contributed by atoms with van der Waals surface area (Å²) in [6.07, 6.45) is 2.95. The van der Waals surface area contributed by atoms with Crippen LogP contribution in [0.4, 0.5) is 5.69 Å². The molecule has 3 aromatic rings. The molecule has 1 heterocycles. The molecule has 29 heavy (non-hydrogen) atoms. The van der Waals surface area contributed by atoms with E-state index in [0.29, 0.717) is 21.7 Å². The number of aromatic hydroxyl groups is 1. The van der Waals surface area contributed by atoms with Gasteiger partial charge < -0.3 is 20.0 Å². The van der Waals surface area contributed by atoms with Crippen molar-refractivity contribution in [3.8, 4) is 16.9 Å². The van der Waals surface area contributed by atoms with E-state index in [2.05, 4.69) is 4.98 Å². The van der Waals surface area contributed by atoms with E-state index in [9.17, 15) is 24.8 Å². The smallest absolute Gasteiger partial charge is 0.295 e. The SMILES string of the molecule is O=C([O-])C(=O)Cc1ccc(O)cc1.O=[N+]([O-])c1c(Cl)cccc1-c1c[nH]cc1Cl. The van der Waals surface area contributed by atoms with Crippen LogP contribution in [-0.4, -0.2) is 26.8 Å². The van der Waals surface area contributed by atoms with Crippen LogP contribution in [0.25, 0.3) is 11.1 Å². The lowest BCUT2D eigenvalue weighted by Gasteiger charge is -2.02. The zero-order chi connectivity index (χ0) is 21.6. The Balaban J connectivity index is 0.000000212. The van der Waals surface area contributed by atoms with E-state index in [0.717, 1.165) is 0 Å². The van der Waals surface area contributed by atoms with E-state index >= 15 is 0 Å². The molecule has 0 spiro atoms. The van der Waals surface area contributed by atoms with Crippen LogP contribution in [0.15, 0.2) is 54.9 Å². The Morgan fingerprint density at radius 2 is 1.66 bits per heavy atom. The second-order valence-electron chi connectivity index (χ2n) is 5.66. The fourth-order valence-corrected chi connectivity index (χ4v) is 2.80. The number of Topliss-reactive ketones (excluding diaryl/α,β-unsaturated/α-hetero) is 1. The number of ketones is 1. The highest BCUT2D eigenvalue weighted by molar-refractivity contribution is 6.35. The maximum atomic E-state index is 10.9. The third kappa shape index (κ3) is 5.81. The fraction of sp³-hybridized carbons (Fsp3) is 0.0526. The number of hydrogen-bond donors (Lipinski definition) is 2. The third-order valence-electron chi connectivity index (χ3n) is 3.68. The molecule has 0 bridgehead atoms. The molecule has 10 heteroatoms. The van der Waals surface area contributed by atoms with Crippen LogP contribution < -0.4 is 5.11 Å². The molecule has 0 aliphatic heterocycles. The molecule has 2 N–H and O–H groups in total. The summed E-state index contributed by atoms with van der Waals surface area (Å²) in [6, 6.07) is 10.5. The second kappa shape index (κ2) is 9.72. The number of halogens is 2. The number of nitro groups is 1. The van der Waals surface area contributed by atoms with Gasteiger partial charge in [0.25, 0.3) is 5.69 Å². The molecule has 0 unspecified atom stereocenters. The molecule has 2 aromatic carbocycles. The Morgan fingerprint density at radius 3 is 2.17 bits per heavy atom. The molecule has 0 radical (unpaired) electrons. The Kier molecular flexibility index (Phi) is 7.35. The van der Waals surface area contributed by atoms with Gasteiger partial charge in [0.15, 0.2) is 5.78 Å². The molecule has 0 atom stereocenters. The molecule has 8 nitrogen and oxygen atoms in total. The first-order chi connectivity index (χ1) is 13.7. The number of aromatic nitrogens is 1. The number of carbonyl (C=O) groups excluding carboxylic acids is 2. The summed E-state index contributed by atoms with van der Waals surface area (Å²) in [5.41, 5.74) is 1.37. The normalized spacial score (nSPS) is 10.0. The molecule has 0 fully saturated rings. The average Bonchev–Trinajstić information content (AvgIpc) is 3.09. The van der Waals surface area contributed by atoms with Crippen LogP contribution in [0, 0.1) is 10.1 Å². The second-order valence-corrected chi connectivity index (χ2v) is 6.48. The number of aromatic amines is 1. The number of carboxylic acids is 1. The van der Waals surface area contributed by atoms with Gasteiger partial charge in [0.05, 0.1) is 15.5 Å². The van der Waals surface area contributed by atoms with Gasteiger partial charge in [0.2, 0.25) is 0 Å². The summed E-state index contributed by atoms with van der Waals surface area (Å²) >= 11 is 11.7. The van der Waals surface area contributed by atoms with E-state index in [1.807, 2.05) is 0 Å². The quantitative estimate of drug-likeness (QED) is 0.358. The number of carbonyl (C=O) groups is 2. The van der Waals surface area contributed by atoms with Gasteiger partial charge in [-0.05, 0) is 29.8 Å². The van der Waals surface area contributed by atoms with Gasteiger partial charge in [-0.3, -0.25) is 14.9 Å². The predicted molar refractivity (Wildman–Crippen MR) is 105 cm³/mol. The van der Waals surface area contributed by atoms with Crippen molar-refractivity contribution in [1.29, 1.82) is 0 Å². The average molecular weight is 436 g/mol. The van der Waals surface area contributed by atoms with Gasteiger partial charge in [0, 0.05) is 24.4 Å². The number of aliphatic carboxylic acids is 1. The van der Waals surface area contributed by atoms with Crippen LogP contribution in [0.1, 0.15) is 5.56 Å². The Bertz CT molecular complexity index is 1050. The summed E-state index contributed by atoms with van der Waals surface area (Å²) in [5.74, 6) is -2.58. The van der Waals surface area contributed by atoms with Crippen molar-refractivity contribution in [2.24, 2.45) is 0 Å². The summed E-state index contributed by atoms with van der Waals surface area (Å²) in [7, 11) is 0. The minimum absolute atomic E-state index is 0.0737. The Morgan fingerprint density at radius 1 is 1.00 bits per heavy atom. The van der Waals surface area contributed by atoms with E-state index < -0.39 is 16.7 Å². The fourth-order valence-electron chi connectivity index (χ4n) is 2.34. The van der Waals surface area contributed by atoms with Gasteiger partial charge in [0.1, 0.15) is 16.7 Å². The largest absolute Gasteiger partial charge is 0.542 e. The summed E-state index contributed by atoms with van der Waals surface area (Å²) in [4.78, 5) is 33.9. The number of hydrogen-bond acceptors (Lipinski definition) is 6. The number of para-hydroxylation sites is 1. The summed E-state index contributed by atoms with van der Waals surface area (Å²) in [6.45, 7) is 0. The number of rotatable bonds is 5. The summed E-state index contributed by atoms with van der Waals surface area (Å²) < 4.78 is 0. The number of nitrogens with one attached hydrogen (secondary N) is 1. The third-order valence-corrected chi connectivity index (χ3v) is 4.30. The zero-order valence-corrected chi connectivity index (χ0v) is 16.1. The number of nitrogens with zero attached hydrogens (tertiary/aromatic N) is 1. The first-order valence-electron chi connectivity index (χ1n) is 7.98. The van der Waals surface area contributed by atoms with E-state index in [4.69, 9.17) is 28.3 Å². The van der Waals surface area contributed by atoms with Crippen molar-refractivity contribution in [3.05, 3.63) is 80.6 Å². The van der Waals surface area contributed by atoms with E-state index in [1.165, 1.54) is 30.3 Å². The number of phenols is 1. The lowest BCUT2D eigenvalue weighted by molar-refractivity contribution is -0.384. The number of benzene rings is 2. The van der Waals surface area contributed by atoms with Crippen molar-refractivity contribution in [2.75, 3.05) is 0 Å². The van der Waals surface area contributed by atoms with Gasteiger partial charge in [-0.25, -0.2) is 0 Å². The molecule has 150 valence electrons. The zero-order valence-electron chi connectivity index (χ0n) is 14.6. The van der Waals surface area contributed by atoms with Crippen LogP contribution in [0.2, 0.25) is 10.0 Å². The van der Waals surface area contributed by atoms with Crippen molar-refractivity contribution in [1.82, 2.24) is 4.98 Å². The molecule has 0 aliphatic rings. The van der Waals surface area contributed by atoms with Crippen molar-refractivity contribution in [2.45, 2.75) is 6.42 Å². The van der Waals surface area contributed by atoms with Gasteiger partial charge in [-0.2, -0.15) is 0 Å². The minimum atomic E-state index is -1.69. The lowest BCUT2D eigenvalue weighted by Crippen LogP contribution is -2.32. The van der Waals surface area contributed by atoms with Crippen LogP contribution in [0.5, 0.6) is 5.75 Å². The van der Waals surface area contributed by atoms with Crippen LogP contribution in [0.3, 0.4) is 0 Å². The molecule has 0 amide bonds. The number of carboxylic acid groups (broad SMARTS) is 1. The van der Waals surface area contributed by atoms with Crippen molar-refractivity contribution >= 4 is 40.6 Å². The van der Waals surface area contributed by atoms with Crippen LogP contribution >= 0.6 is 23.2 Å². The first-order valence-corrected chi connectivity index (χ1v) is 8.74. The number of phenolic OH excluding ortho intramolecular Hbond substituents is 1. The molecule has 0 aliphatic carbocycles. The number of nitro benzene ring substituents is 1. The Labute approximate surface area is 174 Å². The highest BCUT2D eigenvalue weighted by atomic mass is 35.5. The molecule has 0 saturated heterocycles. The topological polar surface area (TPSA) is 136 Å². The molecule has 0 saturated carbocycles. The molecule has 1 aromatic heterocycles. The lowest BCUT2D eigenvalue weighted by atomic mass is 10.1. The van der Waals surface area contributed by atoms with E-state index in [1.54, 1.807) is 24.5 Å². The van der Waals surface area contributed by atoms with Gasteiger partial charge in [-0.15, -0.1) is 0 Å². The van der Waals surface area contributed by atoms with Gasteiger partial charge in [-0.1, -0.05) is 41.4 Å². The monoisotopic (exact) mass is 435 g/mol. The van der Waals surface area contributed by atoms with E-state index in [-0.39, 0.29) is 22.9 Å². The Hall–Kier alpha value is -3.36. The highest BCUT2D eigenvalue weighted by Gasteiger charge is 2.21. The molecular weight excluding hydrogens is 423 g/mol. The molecular formula is C19H13Cl2N2O6-. The highest BCUT2D eigenvalue weighted by Crippen LogP contribution is 2.38.